The number of carbonyl (C=O) groups is 9. The van der Waals surface area contributed by atoms with Crippen LogP contribution in [0.5, 0.6) is 0 Å². The third-order valence-corrected chi connectivity index (χ3v) is 29.3. The molecule has 3 amide bonds. The Morgan fingerprint density at radius 2 is 0.389 bits per heavy atom. The highest BCUT2D eigenvalue weighted by Crippen LogP contribution is 2.25. The van der Waals surface area contributed by atoms with Gasteiger partial charge in [0.15, 0.2) is 0 Å². The fourth-order valence-electron chi connectivity index (χ4n) is 17.0. The van der Waals surface area contributed by atoms with E-state index in [9.17, 15) is 43.2 Å². The molecule has 0 fully saturated rings. The smallest absolute Gasteiger partial charge is 0.306 e. The van der Waals surface area contributed by atoms with Crippen molar-refractivity contribution >= 4 is 86.8 Å². The second-order valence-electron chi connectivity index (χ2n) is 42.1. The van der Waals surface area contributed by atoms with Gasteiger partial charge in [-0.15, -0.1) is 0 Å². The van der Waals surface area contributed by atoms with Gasteiger partial charge in [-0.05, 0) is 248 Å². The molecule has 149 heavy (non-hydrogen) atoms. The van der Waals surface area contributed by atoms with Crippen LogP contribution < -0.4 is 0 Å². The summed E-state index contributed by atoms with van der Waals surface area (Å²) >= 11 is 4.18. The van der Waals surface area contributed by atoms with E-state index in [1.165, 1.54) is 215 Å². The Morgan fingerprint density at radius 3 is 0.651 bits per heavy atom. The van der Waals surface area contributed by atoms with Crippen molar-refractivity contribution in [2.75, 3.05) is 138 Å². The van der Waals surface area contributed by atoms with Crippen LogP contribution in [0.4, 0.5) is 14.4 Å². The maximum absolute atomic E-state index is 13.1. The van der Waals surface area contributed by atoms with E-state index in [0.29, 0.717) is 84.5 Å². The topological polar surface area (TPSA) is 228 Å². The number of allylic oxidation sites excluding steroid dienone is 7. The molecule has 0 aliphatic heterocycles. The molecule has 0 atom stereocenters. The molecular formula is C125H234N6O15S3. The summed E-state index contributed by atoms with van der Waals surface area (Å²) in [6.07, 6.45) is 96.4. The fraction of sp³-hybridized carbons (Fsp3) is 0.848. The average molecular weight is 2160 g/mol. The summed E-state index contributed by atoms with van der Waals surface area (Å²) in [4.78, 5) is 126. The summed E-state index contributed by atoms with van der Waals surface area (Å²) in [6.45, 7) is 27.9. The normalized spacial score (nSPS) is 11.7. The van der Waals surface area contributed by atoms with Crippen LogP contribution in [0.25, 0.3) is 0 Å². The summed E-state index contributed by atoms with van der Waals surface area (Å²) in [5.74, 6) is 1.69. The summed E-state index contributed by atoms with van der Waals surface area (Å²) in [5.41, 5.74) is 0. The van der Waals surface area contributed by atoms with Crippen LogP contribution in [0, 0.1) is 0 Å². The molecular weight excluding hydrogens is 1920 g/mol. The van der Waals surface area contributed by atoms with E-state index >= 15 is 0 Å². The van der Waals surface area contributed by atoms with Crippen LogP contribution >= 0.6 is 35.3 Å². The van der Waals surface area contributed by atoms with Crippen molar-refractivity contribution in [1.82, 2.24) is 29.4 Å². The molecule has 0 saturated heterocycles. The monoisotopic (exact) mass is 2160 g/mol. The Hall–Kier alpha value is -5.14. The van der Waals surface area contributed by atoms with Gasteiger partial charge in [0.1, 0.15) is 38.1 Å². The van der Waals surface area contributed by atoms with Crippen molar-refractivity contribution in [3.63, 3.8) is 0 Å². The van der Waals surface area contributed by atoms with Crippen LogP contribution in [0.3, 0.4) is 0 Å². The van der Waals surface area contributed by atoms with Gasteiger partial charge in [-0.25, -0.2) is 0 Å². The minimum Gasteiger partial charge on any atom is -0.462 e. The molecule has 0 aromatic heterocycles. The fourth-order valence-corrected chi connectivity index (χ4v) is 20.0. The van der Waals surface area contributed by atoms with Gasteiger partial charge in [0.2, 0.25) is 0 Å². The van der Waals surface area contributed by atoms with Crippen molar-refractivity contribution in [1.29, 1.82) is 0 Å². The van der Waals surface area contributed by atoms with Crippen LogP contribution in [-0.4, -0.2) is 238 Å². The van der Waals surface area contributed by atoms with E-state index in [1.54, 1.807) is 0 Å². The van der Waals surface area contributed by atoms with Gasteiger partial charge in [0.25, 0.3) is 15.7 Å². The lowest BCUT2D eigenvalue weighted by molar-refractivity contribution is -0.151. The second-order valence-corrected chi connectivity index (χ2v) is 45.3. The first-order valence-corrected chi connectivity index (χ1v) is 64.5. The molecule has 0 spiro atoms. The number of nitrogens with zero attached hydrogens (tertiary/aromatic N) is 6. The van der Waals surface area contributed by atoms with Crippen molar-refractivity contribution in [3.8, 4) is 0 Å². The Balaban J connectivity index is -0.00000215. The summed E-state index contributed by atoms with van der Waals surface area (Å²) in [7, 11) is 12.1. The zero-order chi connectivity index (χ0) is 110. The van der Waals surface area contributed by atoms with E-state index in [2.05, 4.69) is 120 Å². The third-order valence-electron chi connectivity index (χ3n) is 26.6. The first kappa shape index (κ1) is 148. The van der Waals surface area contributed by atoms with Crippen LogP contribution in [0.2, 0.25) is 0 Å². The zero-order valence-electron chi connectivity index (χ0n) is 99.3. The molecule has 0 aliphatic rings. The van der Waals surface area contributed by atoms with E-state index < -0.39 is 0 Å². The van der Waals surface area contributed by atoms with Crippen molar-refractivity contribution < 1.29 is 71.6 Å². The molecule has 0 radical (unpaired) electrons. The summed E-state index contributed by atoms with van der Waals surface area (Å²) < 4.78 is 33.9. The molecule has 0 N–H and O–H groups in total. The molecule has 0 aromatic carbocycles. The molecule has 0 bridgehead atoms. The van der Waals surface area contributed by atoms with E-state index in [4.69, 9.17) is 28.4 Å². The summed E-state index contributed by atoms with van der Waals surface area (Å²) in [6, 6.07) is 0. The van der Waals surface area contributed by atoms with Gasteiger partial charge in [0, 0.05) is 115 Å². The largest absolute Gasteiger partial charge is 0.462 e. The zero-order valence-corrected chi connectivity index (χ0v) is 102. The lowest BCUT2D eigenvalue weighted by Gasteiger charge is -2.23. The molecule has 24 heteroatoms. The van der Waals surface area contributed by atoms with Crippen molar-refractivity contribution in [3.05, 3.63) is 60.8 Å². The van der Waals surface area contributed by atoms with Gasteiger partial charge < -0.3 is 57.8 Å². The molecule has 0 saturated carbocycles. The van der Waals surface area contributed by atoms with Crippen LogP contribution in [0.15, 0.2) is 60.8 Å². The number of thioether (sulfide) groups is 3. The number of hydrogen-bond acceptors (Lipinski definition) is 21. The first-order valence-electron chi connectivity index (χ1n) is 61.5. The Bertz CT molecular complexity index is 3130. The van der Waals surface area contributed by atoms with Crippen LogP contribution in [-0.2, 0) is 57.2 Å². The van der Waals surface area contributed by atoms with Crippen LogP contribution in [0.1, 0.15) is 531 Å². The Morgan fingerprint density at radius 1 is 0.195 bits per heavy atom. The molecule has 872 valence electrons. The van der Waals surface area contributed by atoms with Crippen molar-refractivity contribution in [2.45, 2.75) is 549 Å². The van der Waals surface area contributed by atoms with E-state index in [0.717, 1.165) is 300 Å². The SMILES string of the molecule is CCC/C=C/CCC(CC/C=C/CCC)OC(=O)CCCCCCN(CCCCCCC(=O)OC/C=C\CCCCCC)C(=O)SCCN(C)C.CCCCCC/C=C\COC(=O)CCCCCCN(CCCCC(=O)OC(CCCCCC)CCCCCC)C(=O)SCCN(C)C.CCCCCC/C=C\COC(=O)CCCCCN(CCCCCC(=O)OC(CCCCCCCC)CCCCCCCC)C(=O)SCCN(C)C. The standard InChI is InChI=1S/C43H78N2O5S.C43H82N2O5S.C39H74N2O5S/c1-6-9-12-15-16-23-30-38-49-41(46)33-26-19-21-28-35-45(43(48)51-39-37-44(4)5)36-29-22-20-27-34-42(47)50-40(31-24-17-13-10-7-2)32-25-18-14-11-8-3;1-6-9-12-15-18-21-30-38-49-41(46)33-26-22-28-35-45(43(48)51-39-37-44(4)5)36-29-23-27-34-42(47)50-40(31-24-19-16-13-10-7-2)32-25-20-17-14-11-8-3;1-6-9-12-15-16-19-26-34-45-37(42)29-22-17-18-24-31-41(39(44)47-35-33-40(4)5)32-25-23-30-38(43)46-36(27-20-13-10-7-2)28-21-14-11-8-3/h13-14,17-18,23,30,40H,6-12,15-16,19-22,24-29,31-39H2,1-5H3;21,30,40H,6-20,22-29,31-39H2,1-5H3;19,26,36H,6-18,20-25,27-35H2,1-5H3/b17-13+,18-14+,30-23-;30-21-;26-19-. The predicted molar refractivity (Wildman–Crippen MR) is 640 cm³/mol. The Kier molecular flexibility index (Phi) is 118. The van der Waals surface area contributed by atoms with Gasteiger partial charge in [-0.3, -0.25) is 43.2 Å². The second kappa shape index (κ2) is 118. The molecule has 21 nitrogen and oxygen atoms in total. The lowest BCUT2D eigenvalue weighted by Crippen LogP contribution is -2.31. The maximum Gasteiger partial charge on any atom is 0.306 e. The minimum absolute atomic E-state index is 0.0226. The highest BCUT2D eigenvalue weighted by Gasteiger charge is 2.23. The number of unbranched alkanes of at least 4 members (excludes halogenated alkanes) is 44. The van der Waals surface area contributed by atoms with Gasteiger partial charge in [-0.2, -0.15) is 0 Å². The van der Waals surface area contributed by atoms with E-state index in [1.807, 2.05) is 75.2 Å². The van der Waals surface area contributed by atoms with Gasteiger partial charge in [0.05, 0.1) is 0 Å². The number of hydrogen-bond donors (Lipinski definition) is 0. The molecule has 0 rings (SSSR count). The third kappa shape index (κ3) is 112. The Labute approximate surface area is 930 Å². The summed E-state index contributed by atoms with van der Waals surface area (Å²) in [5, 5.41) is 0.405. The van der Waals surface area contributed by atoms with E-state index in [-0.39, 0.29) is 69.8 Å². The lowest BCUT2D eigenvalue weighted by atomic mass is 10.0. The number of rotatable bonds is 105. The van der Waals surface area contributed by atoms with Crippen molar-refractivity contribution in [2.24, 2.45) is 0 Å². The highest BCUT2D eigenvalue weighted by molar-refractivity contribution is 8.14. The quantitative estimate of drug-likeness (QED) is 0.0238. The first-order chi connectivity index (χ1) is 72.5. The average Bonchev–Trinajstić information content (AvgIpc) is 0.941. The number of amides is 3. The highest BCUT2D eigenvalue weighted by atomic mass is 32.2. The van der Waals surface area contributed by atoms with Gasteiger partial charge in [-0.1, -0.05) is 383 Å². The molecule has 0 unspecified atom stereocenters. The maximum atomic E-state index is 13.1. The predicted octanol–water partition coefficient (Wildman–Crippen LogP) is 34.9. The molecule has 0 aliphatic carbocycles. The number of ether oxygens (including phenoxy) is 6. The van der Waals surface area contributed by atoms with Gasteiger partial charge >= 0.3 is 35.8 Å². The number of carbonyl (C=O) groups excluding carboxylic acids is 9. The number of esters is 6. The molecule has 0 heterocycles. The minimum atomic E-state index is -0.146. The molecule has 0 aromatic rings.